The zero-order valence-electron chi connectivity index (χ0n) is 8.84. The van der Waals surface area contributed by atoms with Crippen molar-refractivity contribution in [2.45, 2.75) is 13.1 Å². The highest BCUT2D eigenvalue weighted by Crippen LogP contribution is 2.21. The number of halogens is 3. The molecule has 0 unspecified atom stereocenters. The first-order valence-electron chi connectivity index (χ1n) is 5.04. The predicted octanol–water partition coefficient (Wildman–Crippen LogP) is 3.97. The summed E-state index contributed by atoms with van der Waals surface area (Å²) in [6.45, 7) is 0.708. The summed E-state index contributed by atoms with van der Waals surface area (Å²) in [6.07, 6.45) is 0. The third-order valence-electron chi connectivity index (χ3n) is 2.29. The van der Waals surface area contributed by atoms with Gasteiger partial charge in [-0.15, -0.1) is 11.3 Å². The highest BCUT2D eigenvalue weighted by atomic mass is 35.5. The van der Waals surface area contributed by atoms with Gasteiger partial charge in [-0.2, -0.15) is 0 Å². The van der Waals surface area contributed by atoms with Crippen molar-refractivity contribution in [3.05, 3.63) is 56.7 Å². The van der Waals surface area contributed by atoms with E-state index in [2.05, 4.69) is 5.32 Å². The molecule has 5 heteroatoms. The first-order chi connectivity index (χ1) is 8.16. The first-order valence-corrected chi connectivity index (χ1v) is 6.24. The molecule has 1 heterocycles. The van der Waals surface area contributed by atoms with Crippen LogP contribution in [0.5, 0.6) is 0 Å². The maximum Gasteiger partial charge on any atom is 0.130 e. The quantitative estimate of drug-likeness (QED) is 0.889. The van der Waals surface area contributed by atoms with Gasteiger partial charge in [-0.1, -0.05) is 17.7 Å². The third-order valence-corrected chi connectivity index (χ3v) is 3.52. The second kappa shape index (κ2) is 5.58. The lowest BCUT2D eigenvalue weighted by molar-refractivity contribution is 0.536. The molecule has 1 aromatic heterocycles. The number of thiophene rings is 1. The van der Waals surface area contributed by atoms with Gasteiger partial charge in [0.15, 0.2) is 0 Å². The van der Waals surface area contributed by atoms with E-state index in [4.69, 9.17) is 11.6 Å². The van der Waals surface area contributed by atoms with Crippen molar-refractivity contribution < 1.29 is 8.78 Å². The Balaban J connectivity index is 1.94. The van der Waals surface area contributed by atoms with Gasteiger partial charge in [0.1, 0.15) is 11.6 Å². The Labute approximate surface area is 107 Å². The lowest BCUT2D eigenvalue weighted by Gasteiger charge is -2.05. The molecule has 0 radical (unpaired) electrons. The summed E-state index contributed by atoms with van der Waals surface area (Å²) < 4.78 is 27.3. The Hall–Kier alpha value is -0.970. The van der Waals surface area contributed by atoms with Crippen LogP contribution in [0, 0.1) is 11.6 Å². The standard InChI is InChI=1S/C12H10ClF2NS/c13-12-5-4-8(17-12)6-16-7-9-10(14)2-1-3-11(9)15/h1-5,16H,6-7H2. The largest absolute Gasteiger partial charge is 0.308 e. The van der Waals surface area contributed by atoms with Crippen molar-refractivity contribution in [2.75, 3.05) is 0 Å². The van der Waals surface area contributed by atoms with Gasteiger partial charge < -0.3 is 5.32 Å². The molecule has 0 amide bonds. The fourth-order valence-electron chi connectivity index (χ4n) is 1.46. The van der Waals surface area contributed by atoms with E-state index in [1.165, 1.54) is 29.5 Å². The van der Waals surface area contributed by atoms with E-state index in [0.29, 0.717) is 10.9 Å². The topological polar surface area (TPSA) is 12.0 Å². The lowest BCUT2D eigenvalue weighted by atomic mass is 10.2. The highest BCUT2D eigenvalue weighted by molar-refractivity contribution is 7.16. The van der Waals surface area contributed by atoms with E-state index in [-0.39, 0.29) is 12.1 Å². The fourth-order valence-corrected chi connectivity index (χ4v) is 2.52. The van der Waals surface area contributed by atoms with Gasteiger partial charge in [0.25, 0.3) is 0 Å². The van der Waals surface area contributed by atoms with Gasteiger partial charge >= 0.3 is 0 Å². The molecule has 0 aliphatic heterocycles. The van der Waals surface area contributed by atoms with Crippen LogP contribution in [0.3, 0.4) is 0 Å². The zero-order chi connectivity index (χ0) is 12.3. The van der Waals surface area contributed by atoms with E-state index in [0.717, 1.165) is 4.88 Å². The van der Waals surface area contributed by atoms with E-state index in [1.807, 2.05) is 6.07 Å². The molecule has 1 nitrogen and oxygen atoms in total. The molecule has 0 saturated heterocycles. The van der Waals surface area contributed by atoms with E-state index >= 15 is 0 Å². The average molecular weight is 274 g/mol. The molecular formula is C12H10ClF2NS. The van der Waals surface area contributed by atoms with Crippen molar-refractivity contribution >= 4 is 22.9 Å². The van der Waals surface area contributed by atoms with E-state index in [1.54, 1.807) is 6.07 Å². The second-order valence-corrected chi connectivity index (χ2v) is 5.31. The number of nitrogens with one attached hydrogen (secondary N) is 1. The van der Waals surface area contributed by atoms with Crippen LogP contribution in [0.1, 0.15) is 10.4 Å². The molecule has 1 N–H and O–H groups in total. The van der Waals surface area contributed by atoms with Crippen molar-refractivity contribution in [2.24, 2.45) is 0 Å². The molecule has 2 rings (SSSR count). The monoisotopic (exact) mass is 273 g/mol. The third kappa shape index (κ3) is 3.25. The minimum Gasteiger partial charge on any atom is -0.308 e. The van der Waals surface area contributed by atoms with E-state index < -0.39 is 11.6 Å². The van der Waals surface area contributed by atoms with Gasteiger partial charge in [-0.3, -0.25) is 0 Å². The highest BCUT2D eigenvalue weighted by Gasteiger charge is 2.07. The summed E-state index contributed by atoms with van der Waals surface area (Å²) in [4.78, 5) is 1.03. The maximum atomic E-state index is 13.3. The first kappa shape index (κ1) is 12.5. The smallest absolute Gasteiger partial charge is 0.130 e. The molecule has 0 spiro atoms. The Bertz CT molecular complexity index is 493. The molecule has 90 valence electrons. The molecule has 0 atom stereocenters. The normalized spacial score (nSPS) is 10.8. The van der Waals surface area contributed by atoms with Crippen molar-refractivity contribution in [1.29, 1.82) is 0 Å². The van der Waals surface area contributed by atoms with Gasteiger partial charge in [-0.05, 0) is 24.3 Å². The number of hydrogen-bond acceptors (Lipinski definition) is 2. The molecule has 0 aliphatic rings. The average Bonchev–Trinajstić information content (AvgIpc) is 2.69. The summed E-state index contributed by atoms with van der Waals surface area (Å²) in [6, 6.07) is 7.54. The van der Waals surface area contributed by atoms with E-state index in [9.17, 15) is 8.78 Å². The molecular weight excluding hydrogens is 264 g/mol. The fraction of sp³-hybridized carbons (Fsp3) is 0.167. The summed E-state index contributed by atoms with van der Waals surface area (Å²) in [5.41, 5.74) is 0.0650. The van der Waals surface area contributed by atoms with Crippen LogP contribution in [0.2, 0.25) is 4.34 Å². The molecule has 17 heavy (non-hydrogen) atoms. The molecule has 0 fully saturated rings. The molecule has 0 saturated carbocycles. The number of hydrogen-bond donors (Lipinski definition) is 1. The number of rotatable bonds is 4. The molecule has 1 aromatic carbocycles. The maximum absolute atomic E-state index is 13.3. The SMILES string of the molecule is Fc1cccc(F)c1CNCc1ccc(Cl)s1. The predicted molar refractivity (Wildman–Crippen MR) is 66.2 cm³/mol. The van der Waals surface area contributed by atoms with Crippen molar-refractivity contribution in [1.82, 2.24) is 5.32 Å². The van der Waals surface area contributed by atoms with Crippen LogP contribution >= 0.6 is 22.9 Å². The summed E-state index contributed by atoms with van der Waals surface area (Å²) >= 11 is 7.22. The van der Waals surface area contributed by atoms with Crippen LogP contribution in [0.25, 0.3) is 0 Å². The second-order valence-electron chi connectivity index (χ2n) is 3.51. The zero-order valence-corrected chi connectivity index (χ0v) is 10.4. The number of benzene rings is 1. The van der Waals surface area contributed by atoms with Gasteiger partial charge in [-0.25, -0.2) is 8.78 Å². The summed E-state index contributed by atoms with van der Waals surface area (Å²) in [5.74, 6) is -1.05. The van der Waals surface area contributed by atoms with Crippen molar-refractivity contribution in [3.8, 4) is 0 Å². The van der Waals surface area contributed by atoms with Crippen molar-refractivity contribution in [3.63, 3.8) is 0 Å². The van der Waals surface area contributed by atoms with Crippen LogP contribution in [0.4, 0.5) is 8.78 Å². The van der Waals surface area contributed by atoms with Crippen LogP contribution in [0.15, 0.2) is 30.3 Å². The minimum atomic E-state index is -0.526. The van der Waals surface area contributed by atoms with Gasteiger partial charge in [0.05, 0.1) is 4.34 Å². The van der Waals surface area contributed by atoms with Crippen LogP contribution in [-0.4, -0.2) is 0 Å². The Kier molecular flexibility index (Phi) is 4.10. The molecule has 2 aromatic rings. The van der Waals surface area contributed by atoms with Crippen LogP contribution in [-0.2, 0) is 13.1 Å². The van der Waals surface area contributed by atoms with Gasteiger partial charge in [0.2, 0.25) is 0 Å². The Morgan fingerprint density at radius 3 is 2.35 bits per heavy atom. The molecule has 0 aliphatic carbocycles. The summed E-state index contributed by atoms with van der Waals surface area (Å²) in [5, 5.41) is 2.98. The summed E-state index contributed by atoms with van der Waals surface area (Å²) in [7, 11) is 0. The van der Waals surface area contributed by atoms with Crippen LogP contribution < -0.4 is 5.32 Å². The van der Waals surface area contributed by atoms with Gasteiger partial charge in [0, 0.05) is 23.5 Å². The minimum absolute atomic E-state index is 0.0650. The molecule has 0 bridgehead atoms. The lowest BCUT2D eigenvalue weighted by Crippen LogP contribution is -2.14. The Morgan fingerprint density at radius 1 is 1.06 bits per heavy atom. The Morgan fingerprint density at radius 2 is 1.76 bits per heavy atom.